The van der Waals surface area contributed by atoms with Crippen LogP contribution in [0.25, 0.3) is 10.9 Å². The quantitative estimate of drug-likeness (QED) is 0.240. The number of aromatic nitrogens is 1. The standard InChI is InChI=1S/C37H48N4O10/c1-7-49-34(45)37-20-22(37)13-11-9-8-10-12-14-26(39-35(46)51-36(2,3)4)32(43)41-21-24(18-29(41)31(42)40-37)50-30-19-28(33(44)48-6)38-27-17-23(47-5)15-16-25(27)30/h11,13,15-17,19,22,24,26,29H,7-10,12,14,18,20-21H2,1-6H3,(H,39,46)(H,40,42)/b13-11-/t22?,24-,26+,29+,37-/m1/s1. The smallest absolute Gasteiger partial charge is 0.408 e. The number of methoxy groups -OCH3 is 2. The van der Waals surface area contributed by atoms with E-state index in [1.54, 1.807) is 45.9 Å². The molecule has 2 aromatic rings. The van der Waals surface area contributed by atoms with Gasteiger partial charge in [-0.2, -0.15) is 0 Å². The number of esters is 2. The lowest BCUT2D eigenvalue weighted by molar-refractivity contribution is -0.150. The molecule has 1 aliphatic carbocycles. The fourth-order valence-electron chi connectivity index (χ4n) is 6.63. The fourth-order valence-corrected chi connectivity index (χ4v) is 6.63. The van der Waals surface area contributed by atoms with Crippen molar-refractivity contribution < 1.29 is 47.7 Å². The Hall–Kier alpha value is -4.88. The third-order valence-corrected chi connectivity index (χ3v) is 9.24. The van der Waals surface area contributed by atoms with E-state index in [0.29, 0.717) is 41.7 Å². The van der Waals surface area contributed by atoms with Crippen molar-refractivity contribution in [3.63, 3.8) is 0 Å². The van der Waals surface area contributed by atoms with Crippen molar-refractivity contribution in [1.29, 1.82) is 0 Å². The van der Waals surface area contributed by atoms with Gasteiger partial charge in [0.05, 0.1) is 32.9 Å². The first-order valence-electron chi connectivity index (χ1n) is 17.5. The predicted molar refractivity (Wildman–Crippen MR) is 185 cm³/mol. The van der Waals surface area contributed by atoms with Gasteiger partial charge in [0.25, 0.3) is 0 Å². The Morgan fingerprint density at radius 1 is 1.10 bits per heavy atom. The van der Waals surface area contributed by atoms with Crippen LogP contribution in [-0.4, -0.2) is 96.4 Å². The zero-order valence-electron chi connectivity index (χ0n) is 30.1. The van der Waals surface area contributed by atoms with Crippen LogP contribution in [0.15, 0.2) is 36.4 Å². The van der Waals surface area contributed by atoms with E-state index in [9.17, 15) is 24.0 Å². The van der Waals surface area contributed by atoms with Crippen LogP contribution < -0.4 is 20.1 Å². The maximum Gasteiger partial charge on any atom is 0.408 e. The van der Waals surface area contributed by atoms with E-state index < -0.39 is 59.2 Å². The number of rotatable bonds is 7. The summed E-state index contributed by atoms with van der Waals surface area (Å²) in [5, 5.41) is 6.26. The zero-order chi connectivity index (χ0) is 36.9. The monoisotopic (exact) mass is 708 g/mol. The minimum Gasteiger partial charge on any atom is -0.497 e. The average Bonchev–Trinajstić information content (AvgIpc) is 3.61. The van der Waals surface area contributed by atoms with Gasteiger partial charge in [-0.15, -0.1) is 0 Å². The summed E-state index contributed by atoms with van der Waals surface area (Å²) in [6.45, 7) is 7.03. The molecular weight excluding hydrogens is 660 g/mol. The molecule has 5 rings (SSSR count). The molecule has 1 saturated carbocycles. The summed E-state index contributed by atoms with van der Waals surface area (Å²) in [4.78, 5) is 73.2. The Labute approximate surface area is 297 Å². The lowest BCUT2D eigenvalue weighted by Crippen LogP contribution is -2.56. The van der Waals surface area contributed by atoms with Gasteiger partial charge in [-0.05, 0) is 65.5 Å². The van der Waals surface area contributed by atoms with Crippen LogP contribution in [-0.2, 0) is 28.6 Å². The second kappa shape index (κ2) is 15.6. The highest BCUT2D eigenvalue weighted by Crippen LogP contribution is 2.46. The van der Waals surface area contributed by atoms with E-state index >= 15 is 0 Å². The molecule has 1 aromatic carbocycles. The maximum absolute atomic E-state index is 14.4. The van der Waals surface area contributed by atoms with Crippen molar-refractivity contribution >= 4 is 40.7 Å². The van der Waals surface area contributed by atoms with Gasteiger partial charge in [0.15, 0.2) is 5.69 Å². The first kappa shape index (κ1) is 37.4. The van der Waals surface area contributed by atoms with E-state index in [1.165, 1.54) is 25.2 Å². The van der Waals surface area contributed by atoms with Gasteiger partial charge in [0.2, 0.25) is 11.8 Å². The summed E-state index contributed by atoms with van der Waals surface area (Å²) < 4.78 is 27.6. The van der Waals surface area contributed by atoms with E-state index in [-0.39, 0.29) is 31.2 Å². The van der Waals surface area contributed by atoms with Gasteiger partial charge in [0.1, 0.15) is 40.8 Å². The Morgan fingerprint density at radius 3 is 2.59 bits per heavy atom. The molecular formula is C37H48N4O10. The molecule has 14 nitrogen and oxygen atoms in total. The predicted octanol–water partition coefficient (Wildman–Crippen LogP) is 4.23. The van der Waals surface area contributed by atoms with Gasteiger partial charge >= 0.3 is 18.0 Å². The van der Waals surface area contributed by atoms with Gasteiger partial charge in [-0.1, -0.05) is 25.0 Å². The first-order valence-corrected chi connectivity index (χ1v) is 17.5. The lowest BCUT2D eigenvalue weighted by atomic mass is 10.0. The van der Waals surface area contributed by atoms with Crippen LogP contribution in [0.2, 0.25) is 0 Å². The van der Waals surface area contributed by atoms with E-state index in [1.807, 2.05) is 12.2 Å². The van der Waals surface area contributed by atoms with Crippen molar-refractivity contribution in [1.82, 2.24) is 20.5 Å². The van der Waals surface area contributed by atoms with E-state index in [2.05, 4.69) is 15.6 Å². The number of benzene rings is 1. The molecule has 0 radical (unpaired) electrons. The number of alkyl carbamates (subject to hydrolysis) is 1. The average molecular weight is 709 g/mol. The summed E-state index contributed by atoms with van der Waals surface area (Å²) in [6.07, 6.45) is 6.31. The molecule has 3 aliphatic rings. The van der Waals surface area contributed by atoms with Gasteiger partial charge in [-0.3, -0.25) is 9.59 Å². The third kappa shape index (κ3) is 8.71. The van der Waals surface area contributed by atoms with Crippen molar-refractivity contribution in [2.75, 3.05) is 27.4 Å². The van der Waals surface area contributed by atoms with E-state index in [4.69, 9.17) is 23.7 Å². The van der Waals surface area contributed by atoms with Gasteiger partial charge < -0.3 is 39.2 Å². The summed E-state index contributed by atoms with van der Waals surface area (Å²) in [7, 11) is 2.76. The van der Waals surface area contributed by atoms with Crippen LogP contribution in [0.5, 0.6) is 11.5 Å². The SMILES string of the molecule is CCOC(=O)[C@@]12CC1/C=C\CCCCC[C@H](NC(=O)OC(C)(C)C)C(=O)N1C[C@H](Oc3cc(C(=O)OC)nc4cc(OC)ccc34)C[C@H]1C(=O)N2. The van der Waals surface area contributed by atoms with Crippen molar-refractivity contribution in [2.24, 2.45) is 5.92 Å². The summed E-state index contributed by atoms with van der Waals surface area (Å²) in [5.41, 5.74) is -1.63. The molecule has 0 spiro atoms. The summed E-state index contributed by atoms with van der Waals surface area (Å²) >= 11 is 0. The molecule has 0 bridgehead atoms. The Bertz CT molecular complexity index is 1690. The number of nitrogens with one attached hydrogen (secondary N) is 2. The second-order valence-electron chi connectivity index (χ2n) is 14.1. The Balaban J connectivity index is 1.50. The third-order valence-electron chi connectivity index (χ3n) is 9.24. The lowest BCUT2D eigenvalue weighted by Gasteiger charge is -2.30. The Kier molecular flexibility index (Phi) is 11.4. The number of fused-ring (bicyclic) bond motifs is 3. The molecule has 1 unspecified atom stereocenters. The molecule has 5 atom stereocenters. The molecule has 51 heavy (non-hydrogen) atoms. The number of carbonyl (C=O) groups excluding carboxylic acids is 5. The Morgan fingerprint density at radius 2 is 1.88 bits per heavy atom. The van der Waals surface area contributed by atoms with E-state index in [0.717, 1.165) is 19.3 Å². The normalized spacial score (nSPS) is 26.0. The van der Waals surface area contributed by atoms with Crippen molar-refractivity contribution in [2.45, 2.75) is 102 Å². The highest BCUT2D eigenvalue weighted by atomic mass is 16.6. The number of nitrogens with zero attached hydrogens (tertiary/aromatic N) is 2. The molecule has 14 heteroatoms. The van der Waals surface area contributed by atoms with Crippen LogP contribution in [0.4, 0.5) is 4.79 Å². The summed E-state index contributed by atoms with van der Waals surface area (Å²) in [6, 6.07) is 4.55. The zero-order valence-corrected chi connectivity index (χ0v) is 30.1. The van der Waals surface area contributed by atoms with Crippen LogP contribution >= 0.6 is 0 Å². The number of pyridine rings is 1. The summed E-state index contributed by atoms with van der Waals surface area (Å²) in [5.74, 6) is -1.65. The van der Waals surface area contributed by atoms with Gasteiger partial charge in [0, 0.05) is 29.9 Å². The minimum atomic E-state index is -1.25. The molecule has 2 aliphatic heterocycles. The molecule has 1 saturated heterocycles. The second-order valence-corrected chi connectivity index (χ2v) is 14.1. The first-order chi connectivity index (χ1) is 24.3. The number of amides is 3. The fraction of sp³-hybridized carbons (Fsp3) is 0.568. The number of hydrogen-bond acceptors (Lipinski definition) is 11. The van der Waals surface area contributed by atoms with Crippen LogP contribution in [0.1, 0.15) is 83.1 Å². The minimum absolute atomic E-state index is 0.000693. The molecule has 1 aromatic heterocycles. The topological polar surface area (TPSA) is 172 Å². The highest BCUT2D eigenvalue weighted by Gasteiger charge is 2.62. The van der Waals surface area contributed by atoms with Crippen LogP contribution in [0.3, 0.4) is 0 Å². The maximum atomic E-state index is 14.4. The number of allylic oxidation sites excluding steroid dienone is 1. The van der Waals surface area contributed by atoms with Gasteiger partial charge in [-0.25, -0.2) is 19.4 Å². The molecule has 3 amide bonds. The molecule has 3 heterocycles. The highest BCUT2D eigenvalue weighted by molar-refractivity contribution is 5.97. The number of carbonyl (C=O) groups is 5. The van der Waals surface area contributed by atoms with Crippen molar-refractivity contribution in [3.8, 4) is 11.5 Å². The molecule has 2 N–H and O–H groups in total. The van der Waals surface area contributed by atoms with Crippen LogP contribution in [0, 0.1) is 5.92 Å². The largest absolute Gasteiger partial charge is 0.497 e. The number of hydrogen-bond donors (Lipinski definition) is 2. The molecule has 276 valence electrons. The number of ether oxygens (including phenoxy) is 5. The molecule has 2 fully saturated rings. The van der Waals surface area contributed by atoms with Crippen molar-refractivity contribution in [3.05, 3.63) is 42.1 Å².